The van der Waals surface area contributed by atoms with E-state index in [-0.39, 0.29) is 30.1 Å². The number of fused-ring (bicyclic) bond motifs is 1. The van der Waals surface area contributed by atoms with E-state index in [1.807, 2.05) is 0 Å². The maximum atomic E-state index is 12.2. The zero-order valence-electron chi connectivity index (χ0n) is 13.2. The SMILES string of the molecule is Nc1cc(CC(=O)NC2Cc3cccc(C(=O)O)c3OB2O)ccn1. The predicted molar refractivity (Wildman–Crippen MR) is 90.0 cm³/mol. The van der Waals surface area contributed by atoms with Crippen LogP contribution in [-0.2, 0) is 17.6 Å². The van der Waals surface area contributed by atoms with Gasteiger partial charge in [0.25, 0.3) is 0 Å². The predicted octanol–water partition coefficient (Wildman–Crippen LogP) is 0.0441. The molecule has 2 aromatic rings. The van der Waals surface area contributed by atoms with Gasteiger partial charge in [-0.2, -0.15) is 0 Å². The normalized spacial score (nSPS) is 15.9. The monoisotopic (exact) mass is 341 g/mol. The number of nitrogens with two attached hydrogens (primary N) is 1. The Hall–Kier alpha value is -3.07. The highest BCUT2D eigenvalue weighted by molar-refractivity contribution is 6.47. The third-order valence-electron chi connectivity index (χ3n) is 3.91. The molecule has 1 aliphatic rings. The molecule has 0 saturated heterocycles. The largest absolute Gasteiger partial charge is 0.547 e. The summed E-state index contributed by atoms with van der Waals surface area (Å²) >= 11 is 0. The van der Waals surface area contributed by atoms with Crippen molar-refractivity contribution in [3.63, 3.8) is 0 Å². The highest BCUT2D eigenvalue weighted by Gasteiger charge is 2.37. The molecule has 1 aliphatic heterocycles. The first-order valence-corrected chi connectivity index (χ1v) is 7.63. The van der Waals surface area contributed by atoms with Gasteiger partial charge in [-0.3, -0.25) is 4.79 Å². The van der Waals surface area contributed by atoms with Crippen molar-refractivity contribution in [3.05, 3.63) is 53.2 Å². The molecule has 1 amide bonds. The van der Waals surface area contributed by atoms with E-state index >= 15 is 0 Å². The molecular formula is C16H16BN3O5. The van der Waals surface area contributed by atoms with E-state index in [0.29, 0.717) is 16.9 Å². The molecule has 9 heteroatoms. The number of hydrogen-bond donors (Lipinski definition) is 4. The van der Waals surface area contributed by atoms with Crippen LogP contribution < -0.4 is 15.7 Å². The molecule has 0 fully saturated rings. The average molecular weight is 341 g/mol. The van der Waals surface area contributed by atoms with E-state index in [4.69, 9.17) is 10.4 Å². The molecule has 8 nitrogen and oxygen atoms in total. The number of amides is 1. The summed E-state index contributed by atoms with van der Waals surface area (Å²) in [6.45, 7) is 0. The van der Waals surface area contributed by atoms with Crippen molar-refractivity contribution in [1.82, 2.24) is 10.3 Å². The van der Waals surface area contributed by atoms with E-state index < -0.39 is 19.0 Å². The Labute approximate surface area is 143 Å². The van der Waals surface area contributed by atoms with Gasteiger partial charge in [-0.15, -0.1) is 0 Å². The number of nitrogens with zero attached hydrogens (tertiary/aromatic N) is 1. The Morgan fingerprint density at radius 3 is 2.92 bits per heavy atom. The summed E-state index contributed by atoms with van der Waals surface area (Å²) in [6.07, 6.45) is 1.86. The number of aromatic carboxylic acids is 1. The van der Waals surface area contributed by atoms with Crippen molar-refractivity contribution in [2.24, 2.45) is 0 Å². The minimum Gasteiger partial charge on any atom is -0.534 e. The number of carboxylic acids is 1. The summed E-state index contributed by atoms with van der Waals surface area (Å²) in [5.74, 6) is -1.67. The fourth-order valence-corrected chi connectivity index (χ4v) is 2.76. The number of nitrogens with one attached hydrogen (secondary N) is 1. The molecule has 0 radical (unpaired) electrons. The van der Waals surface area contributed by atoms with Crippen molar-refractivity contribution < 1.29 is 24.4 Å². The number of aromatic nitrogens is 1. The molecular weight excluding hydrogens is 325 g/mol. The molecule has 0 saturated carbocycles. The average Bonchev–Trinajstić information content (AvgIpc) is 2.54. The second kappa shape index (κ2) is 6.82. The van der Waals surface area contributed by atoms with E-state index in [1.54, 1.807) is 24.3 Å². The standard InChI is InChI=1S/C16H16BN3O5/c18-13-6-9(4-5-19-13)7-14(21)20-12-8-10-2-1-3-11(16(22)23)15(10)25-17(12)24/h1-6,12,24H,7-8H2,(H2,18,19)(H,20,21)(H,22,23). The van der Waals surface area contributed by atoms with Gasteiger partial charge < -0.3 is 25.8 Å². The van der Waals surface area contributed by atoms with Crippen LogP contribution in [-0.4, -0.2) is 40.1 Å². The Bertz CT molecular complexity index is 829. The number of nitrogen functional groups attached to an aromatic ring is 1. The van der Waals surface area contributed by atoms with Gasteiger partial charge in [0.1, 0.15) is 11.6 Å². The summed E-state index contributed by atoms with van der Waals surface area (Å²) in [6, 6.07) is 7.99. The number of hydrogen-bond acceptors (Lipinski definition) is 6. The first-order valence-electron chi connectivity index (χ1n) is 7.63. The molecule has 2 heterocycles. The zero-order chi connectivity index (χ0) is 18.0. The molecule has 128 valence electrons. The second-order valence-corrected chi connectivity index (χ2v) is 5.75. The summed E-state index contributed by atoms with van der Waals surface area (Å²) < 4.78 is 5.34. The Balaban J connectivity index is 1.71. The zero-order valence-corrected chi connectivity index (χ0v) is 13.2. The first kappa shape index (κ1) is 16.8. The highest BCUT2D eigenvalue weighted by atomic mass is 16.5. The van der Waals surface area contributed by atoms with Gasteiger partial charge in [-0.05, 0) is 35.7 Å². The minimum absolute atomic E-state index is 0.0198. The lowest BCUT2D eigenvalue weighted by atomic mass is 9.72. The quantitative estimate of drug-likeness (QED) is 0.577. The van der Waals surface area contributed by atoms with Crippen LogP contribution in [0.5, 0.6) is 5.75 Å². The van der Waals surface area contributed by atoms with Crippen molar-refractivity contribution in [3.8, 4) is 5.75 Å². The number of benzene rings is 1. The van der Waals surface area contributed by atoms with Crippen molar-refractivity contribution in [1.29, 1.82) is 0 Å². The third-order valence-corrected chi connectivity index (χ3v) is 3.91. The molecule has 3 rings (SSSR count). The lowest BCUT2D eigenvalue weighted by Crippen LogP contribution is -2.53. The van der Waals surface area contributed by atoms with Gasteiger partial charge in [0.05, 0.1) is 17.9 Å². The van der Waals surface area contributed by atoms with Gasteiger partial charge in [0.2, 0.25) is 5.91 Å². The van der Waals surface area contributed by atoms with Gasteiger partial charge in [0.15, 0.2) is 0 Å². The fourth-order valence-electron chi connectivity index (χ4n) is 2.76. The van der Waals surface area contributed by atoms with E-state index in [2.05, 4.69) is 10.3 Å². The van der Waals surface area contributed by atoms with Crippen LogP contribution in [0, 0.1) is 0 Å². The smallest absolute Gasteiger partial charge is 0.534 e. The number of para-hydroxylation sites is 1. The lowest BCUT2D eigenvalue weighted by molar-refractivity contribution is -0.120. The lowest BCUT2D eigenvalue weighted by Gasteiger charge is -2.28. The maximum Gasteiger partial charge on any atom is 0.547 e. The van der Waals surface area contributed by atoms with Crippen LogP contribution >= 0.6 is 0 Å². The number of pyridine rings is 1. The van der Waals surface area contributed by atoms with Crippen LogP contribution in [0.4, 0.5) is 5.82 Å². The van der Waals surface area contributed by atoms with E-state index in [1.165, 1.54) is 12.3 Å². The van der Waals surface area contributed by atoms with Crippen LogP contribution in [0.1, 0.15) is 21.5 Å². The van der Waals surface area contributed by atoms with Crippen molar-refractivity contribution in [2.75, 3.05) is 5.73 Å². The van der Waals surface area contributed by atoms with Gasteiger partial charge in [0, 0.05) is 6.20 Å². The number of rotatable bonds is 4. The fraction of sp³-hybridized carbons (Fsp3) is 0.188. The van der Waals surface area contributed by atoms with E-state index in [0.717, 1.165) is 0 Å². The van der Waals surface area contributed by atoms with Gasteiger partial charge in [-0.1, -0.05) is 12.1 Å². The Morgan fingerprint density at radius 2 is 2.20 bits per heavy atom. The molecule has 1 aromatic heterocycles. The molecule has 25 heavy (non-hydrogen) atoms. The topological polar surface area (TPSA) is 135 Å². The van der Waals surface area contributed by atoms with Crippen LogP contribution in [0.3, 0.4) is 0 Å². The summed E-state index contributed by atoms with van der Waals surface area (Å²) in [4.78, 5) is 27.3. The molecule has 1 aromatic carbocycles. The molecule has 0 aliphatic carbocycles. The highest BCUT2D eigenvalue weighted by Crippen LogP contribution is 2.30. The Kier molecular flexibility index (Phi) is 4.58. The minimum atomic E-state index is -1.33. The number of carboxylic acid groups (broad SMARTS) is 1. The molecule has 1 unspecified atom stereocenters. The molecule has 0 bridgehead atoms. The summed E-state index contributed by atoms with van der Waals surface area (Å²) in [5, 5.41) is 22.0. The van der Waals surface area contributed by atoms with Gasteiger partial charge >= 0.3 is 13.1 Å². The molecule has 0 spiro atoms. The molecule has 1 atom stereocenters. The van der Waals surface area contributed by atoms with Crippen molar-refractivity contribution >= 4 is 24.8 Å². The summed E-state index contributed by atoms with van der Waals surface area (Å²) in [5.41, 5.74) is 6.88. The van der Waals surface area contributed by atoms with Crippen molar-refractivity contribution in [2.45, 2.75) is 18.8 Å². The first-order chi connectivity index (χ1) is 11.9. The Morgan fingerprint density at radius 1 is 1.40 bits per heavy atom. The van der Waals surface area contributed by atoms with Gasteiger partial charge in [-0.25, -0.2) is 9.78 Å². The van der Waals surface area contributed by atoms with Crippen LogP contribution in [0.2, 0.25) is 0 Å². The van der Waals surface area contributed by atoms with Crippen LogP contribution in [0.25, 0.3) is 0 Å². The van der Waals surface area contributed by atoms with E-state index in [9.17, 15) is 19.7 Å². The second-order valence-electron chi connectivity index (χ2n) is 5.75. The third kappa shape index (κ3) is 3.72. The number of carbonyl (C=O) groups excluding carboxylic acids is 1. The summed E-state index contributed by atoms with van der Waals surface area (Å²) in [7, 11) is -1.33. The molecule has 5 N–H and O–H groups in total. The maximum absolute atomic E-state index is 12.2. The number of carbonyl (C=O) groups is 2. The number of anilines is 1. The van der Waals surface area contributed by atoms with Crippen LogP contribution in [0.15, 0.2) is 36.5 Å².